The van der Waals surface area contributed by atoms with Gasteiger partial charge in [-0.3, -0.25) is 4.68 Å². The fourth-order valence-electron chi connectivity index (χ4n) is 2.47. The Hall–Kier alpha value is -0.840. The third-order valence-electron chi connectivity index (χ3n) is 3.63. The van der Waals surface area contributed by atoms with Gasteiger partial charge in [-0.05, 0) is 39.3 Å². The summed E-state index contributed by atoms with van der Waals surface area (Å²) in [5, 5.41) is 15.4. The molecule has 0 saturated heterocycles. The normalized spacial score (nSPS) is 21.0. The number of hydrogen-bond donors (Lipinski definition) is 1. The molecule has 0 aromatic carbocycles. The van der Waals surface area contributed by atoms with E-state index in [1.807, 2.05) is 18.8 Å². The van der Waals surface area contributed by atoms with Gasteiger partial charge in [0.2, 0.25) is 0 Å². The van der Waals surface area contributed by atoms with E-state index in [0.29, 0.717) is 5.02 Å². The van der Waals surface area contributed by atoms with Crippen LogP contribution in [0.2, 0.25) is 5.02 Å². The predicted molar refractivity (Wildman–Crippen MR) is 77.2 cm³/mol. The minimum absolute atomic E-state index is 0.248. The van der Waals surface area contributed by atoms with Crippen molar-refractivity contribution >= 4 is 11.6 Å². The lowest BCUT2D eigenvalue weighted by molar-refractivity contribution is 0.0929. The van der Waals surface area contributed by atoms with E-state index in [4.69, 9.17) is 11.6 Å². The highest BCUT2D eigenvalue weighted by atomic mass is 35.5. The van der Waals surface area contributed by atoms with Crippen LogP contribution in [0, 0.1) is 5.92 Å². The van der Waals surface area contributed by atoms with Gasteiger partial charge in [0.05, 0.1) is 23.5 Å². The van der Waals surface area contributed by atoms with Crippen LogP contribution in [0.5, 0.6) is 0 Å². The highest BCUT2D eigenvalue weighted by molar-refractivity contribution is 6.31. The predicted octanol–water partition coefficient (Wildman–Crippen LogP) is 2.49. The van der Waals surface area contributed by atoms with Crippen LogP contribution >= 0.6 is 11.6 Å². The van der Waals surface area contributed by atoms with E-state index in [0.717, 1.165) is 38.0 Å². The molecule has 1 aliphatic rings. The highest BCUT2D eigenvalue weighted by Gasteiger charge is 2.26. The number of halogens is 1. The molecule has 1 aromatic heterocycles. The van der Waals surface area contributed by atoms with Crippen LogP contribution in [-0.2, 0) is 6.54 Å². The molecule has 0 bridgehead atoms. The van der Waals surface area contributed by atoms with Gasteiger partial charge in [-0.2, -0.15) is 5.10 Å². The molecule has 1 aliphatic carbocycles. The lowest BCUT2D eigenvalue weighted by Crippen LogP contribution is -2.23. The van der Waals surface area contributed by atoms with E-state index in [9.17, 15) is 5.11 Å². The summed E-state index contributed by atoms with van der Waals surface area (Å²) in [6.07, 6.45) is 8.38. The molecule has 1 N–H and O–H groups in total. The molecule has 4 nitrogen and oxygen atoms in total. The van der Waals surface area contributed by atoms with Crippen LogP contribution < -0.4 is 0 Å². The maximum atomic E-state index is 10.6. The second kappa shape index (κ2) is 6.55. The van der Waals surface area contributed by atoms with Crippen LogP contribution in [0.1, 0.15) is 31.1 Å². The Bertz CT molecular complexity index is 442. The first-order valence-electron chi connectivity index (χ1n) is 6.78. The number of likely N-dealkylation sites (N-methyl/N-ethyl adjacent to an activating group) is 1. The van der Waals surface area contributed by atoms with Gasteiger partial charge >= 0.3 is 0 Å². The Labute approximate surface area is 119 Å². The minimum atomic E-state index is -0.526. The zero-order valence-corrected chi connectivity index (χ0v) is 12.3. The molecule has 5 heteroatoms. The molecule has 1 heterocycles. The number of rotatable bonds is 5. The summed E-state index contributed by atoms with van der Waals surface area (Å²) in [6, 6.07) is 0. The molecule has 2 rings (SSSR count). The number of hydrogen-bond acceptors (Lipinski definition) is 3. The molecular formula is C14H22ClN3O. The quantitative estimate of drug-likeness (QED) is 0.844. The molecule has 106 valence electrons. The lowest BCUT2D eigenvalue weighted by atomic mass is 9.88. The number of aliphatic hydroxyl groups excluding tert-OH is 1. The molecule has 0 fully saturated rings. The number of allylic oxidation sites excluding steroid dienone is 2. The summed E-state index contributed by atoms with van der Waals surface area (Å²) in [4.78, 5) is 2.09. The first-order chi connectivity index (χ1) is 9.09. The van der Waals surface area contributed by atoms with E-state index in [1.54, 1.807) is 6.20 Å². The number of nitrogens with zero attached hydrogens (tertiary/aromatic N) is 3. The van der Waals surface area contributed by atoms with Crippen molar-refractivity contribution in [3.05, 3.63) is 29.1 Å². The van der Waals surface area contributed by atoms with Crippen molar-refractivity contribution < 1.29 is 5.11 Å². The molecule has 0 amide bonds. The van der Waals surface area contributed by atoms with Crippen molar-refractivity contribution in [3.63, 3.8) is 0 Å². The van der Waals surface area contributed by atoms with Gasteiger partial charge in [-0.1, -0.05) is 23.8 Å². The molecule has 19 heavy (non-hydrogen) atoms. The molecule has 0 radical (unpaired) electrons. The van der Waals surface area contributed by atoms with Gasteiger partial charge in [0.25, 0.3) is 0 Å². The topological polar surface area (TPSA) is 41.3 Å². The van der Waals surface area contributed by atoms with Crippen molar-refractivity contribution in [2.24, 2.45) is 5.92 Å². The van der Waals surface area contributed by atoms with Crippen molar-refractivity contribution in [2.75, 3.05) is 20.6 Å². The Kier molecular flexibility index (Phi) is 5.02. The van der Waals surface area contributed by atoms with Crippen LogP contribution in [-0.4, -0.2) is 40.4 Å². The van der Waals surface area contributed by atoms with E-state index < -0.39 is 6.10 Å². The van der Waals surface area contributed by atoms with E-state index in [-0.39, 0.29) is 5.92 Å². The third kappa shape index (κ3) is 3.59. The minimum Gasteiger partial charge on any atom is -0.386 e. The van der Waals surface area contributed by atoms with Crippen molar-refractivity contribution in [2.45, 2.75) is 31.9 Å². The first kappa shape index (κ1) is 14.6. The Balaban J connectivity index is 2.13. The summed E-state index contributed by atoms with van der Waals surface area (Å²) < 4.78 is 1.84. The smallest absolute Gasteiger partial charge is 0.100 e. The largest absolute Gasteiger partial charge is 0.386 e. The number of aromatic nitrogens is 2. The summed E-state index contributed by atoms with van der Waals surface area (Å²) in [6.45, 7) is 1.62. The molecule has 0 saturated carbocycles. The monoisotopic (exact) mass is 283 g/mol. The Morgan fingerprint density at radius 2 is 2.32 bits per heavy atom. The van der Waals surface area contributed by atoms with E-state index >= 15 is 0 Å². The average molecular weight is 284 g/mol. The second-order valence-corrected chi connectivity index (χ2v) is 5.80. The number of aliphatic hydroxyl groups is 1. The molecule has 0 aliphatic heterocycles. The summed E-state index contributed by atoms with van der Waals surface area (Å²) in [5.74, 6) is 0.248. The molecular weight excluding hydrogens is 262 g/mol. The van der Waals surface area contributed by atoms with Gasteiger partial charge in [-0.15, -0.1) is 0 Å². The summed E-state index contributed by atoms with van der Waals surface area (Å²) >= 11 is 6.20. The SMILES string of the molecule is CN(C)CCn1ncc(Cl)c1C(O)C1CC=CCC1. The zero-order valence-electron chi connectivity index (χ0n) is 11.6. The van der Waals surface area contributed by atoms with Gasteiger partial charge in [0.15, 0.2) is 0 Å². The third-order valence-corrected chi connectivity index (χ3v) is 3.92. The van der Waals surface area contributed by atoms with Crippen molar-refractivity contribution in [1.82, 2.24) is 14.7 Å². The van der Waals surface area contributed by atoms with Gasteiger partial charge in [0.1, 0.15) is 6.10 Å². The fourth-order valence-corrected chi connectivity index (χ4v) is 2.72. The van der Waals surface area contributed by atoms with Crippen LogP contribution in [0.25, 0.3) is 0 Å². The van der Waals surface area contributed by atoms with E-state index in [1.165, 1.54) is 0 Å². The van der Waals surface area contributed by atoms with Crippen LogP contribution in [0.15, 0.2) is 18.3 Å². The summed E-state index contributed by atoms with van der Waals surface area (Å²) in [7, 11) is 4.04. The van der Waals surface area contributed by atoms with Gasteiger partial charge in [-0.25, -0.2) is 0 Å². The highest BCUT2D eigenvalue weighted by Crippen LogP contribution is 2.34. The molecule has 1 aromatic rings. The lowest BCUT2D eigenvalue weighted by Gasteiger charge is -2.25. The maximum Gasteiger partial charge on any atom is 0.100 e. The summed E-state index contributed by atoms with van der Waals surface area (Å²) in [5.41, 5.74) is 0.767. The fraction of sp³-hybridized carbons (Fsp3) is 0.643. The first-order valence-corrected chi connectivity index (χ1v) is 7.16. The average Bonchev–Trinajstić information content (AvgIpc) is 2.78. The van der Waals surface area contributed by atoms with Gasteiger partial charge < -0.3 is 10.0 Å². The second-order valence-electron chi connectivity index (χ2n) is 5.39. The molecule has 0 spiro atoms. The molecule has 2 unspecified atom stereocenters. The van der Waals surface area contributed by atoms with Crippen LogP contribution in [0.3, 0.4) is 0 Å². The standard InChI is InChI=1S/C14H22ClN3O/c1-17(2)8-9-18-13(12(15)10-16-18)14(19)11-6-4-3-5-7-11/h3-4,10-11,14,19H,5-9H2,1-2H3. The van der Waals surface area contributed by atoms with Gasteiger partial charge in [0, 0.05) is 6.54 Å². The molecule has 2 atom stereocenters. The Morgan fingerprint density at radius 3 is 2.95 bits per heavy atom. The van der Waals surface area contributed by atoms with Crippen molar-refractivity contribution in [3.8, 4) is 0 Å². The zero-order chi connectivity index (χ0) is 13.8. The van der Waals surface area contributed by atoms with Crippen LogP contribution in [0.4, 0.5) is 0 Å². The maximum absolute atomic E-state index is 10.6. The van der Waals surface area contributed by atoms with E-state index in [2.05, 4.69) is 22.2 Å². The van der Waals surface area contributed by atoms with Crippen molar-refractivity contribution in [1.29, 1.82) is 0 Å². The Morgan fingerprint density at radius 1 is 1.53 bits per heavy atom.